The van der Waals surface area contributed by atoms with Gasteiger partial charge in [-0.2, -0.15) is 0 Å². The molecule has 1 atom stereocenters. The molecule has 0 amide bonds. The van der Waals surface area contributed by atoms with Crippen LogP contribution in [0.4, 0.5) is 5.69 Å². The summed E-state index contributed by atoms with van der Waals surface area (Å²) < 4.78 is 5.43. The van der Waals surface area contributed by atoms with Gasteiger partial charge in [-0.3, -0.25) is 9.69 Å². The number of ether oxygens (including phenoxy) is 1. The number of hydrogen-bond acceptors (Lipinski definition) is 4. The number of aryl methyl sites for hydroxylation is 1. The number of nitrogens with zero attached hydrogens (tertiary/aromatic N) is 2. The van der Waals surface area contributed by atoms with E-state index in [0.717, 1.165) is 55.1 Å². The number of likely N-dealkylation sites (N-methyl/N-ethyl adjacent to an activating group) is 1. The minimum absolute atomic E-state index is 0.151. The normalized spacial score (nSPS) is 17.0. The fourth-order valence-electron chi connectivity index (χ4n) is 4.15. The van der Waals surface area contributed by atoms with Gasteiger partial charge in [0.2, 0.25) is 0 Å². The highest BCUT2D eigenvalue weighted by molar-refractivity contribution is 6.04. The Morgan fingerprint density at radius 2 is 1.70 bits per heavy atom. The maximum atomic E-state index is 13.7. The Labute approximate surface area is 162 Å². The summed E-state index contributed by atoms with van der Waals surface area (Å²) in [5.74, 6) is 0.151. The van der Waals surface area contributed by atoms with Crippen molar-refractivity contribution in [2.24, 2.45) is 0 Å². The maximum Gasteiger partial charge on any atom is 0.187 e. The average molecular weight is 367 g/mol. The number of morpholine rings is 1. The molecule has 0 radical (unpaired) electrons. The molecule has 0 bridgehead atoms. The lowest BCUT2D eigenvalue weighted by molar-refractivity contribution is 0.0659. The van der Waals surface area contributed by atoms with E-state index in [1.807, 2.05) is 38.4 Å². The molecular formula is C23H30N2O2. The zero-order chi connectivity index (χ0) is 19.4. The first-order valence-corrected chi connectivity index (χ1v) is 9.71. The van der Waals surface area contributed by atoms with E-state index in [1.54, 1.807) is 0 Å². The van der Waals surface area contributed by atoms with Crippen LogP contribution >= 0.6 is 0 Å². The molecule has 1 unspecified atom stereocenters. The number of rotatable bonds is 6. The highest BCUT2D eigenvalue weighted by Crippen LogP contribution is 2.36. The summed E-state index contributed by atoms with van der Waals surface area (Å²) in [7, 11) is 3.99. The third-order valence-electron chi connectivity index (χ3n) is 5.75. The molecule has 0 aliphatic carbocycles. The molecule has 1 fully saturated rings. The van der Waals surface area contributed by atoms with Gasteiger partial charge in [0, 0.05) is 24.3 Å². The van der Waals surface area contributed by atoms with E-state index in [1.165, 1.54) is 0 Å². The molecule has 2 aromatic carbocycles. The fraction of sp³-hybridized carbons (Fsp3) is 0.435. The van der Waals surface area contributed by atoms with Crippen molar-refractivity contribution in [1.29, 1.82) is 0 Å². The van der Waals surface area contributed by atoms with E-state index < -0.39 is 5.54 Å². The van der Waals surface area contributed by atoms with E-state index in [2.05, 4.69) is 47.9 Å². The number of carbonyl (C=O) groups excluding carboxylic acids is 1. The van der Waals surface area contributed by atoms with Crippen LogP contribution in [0.2, 0.25) is 0 Å². The van der Waals surface area contributed by atoms with Crippen molar-refractivity contribution < 1.29 is 9.53 Å². The topological polar surface area (TPSA) is 32.8 Å². The molecule has 27 heavy (non-hydrogen) atoms. The standard InChI is InChI=1S/C23H30N2O2/c1-5-23(24(3)4,21-9-7-6-8-18(21)2)22(26)19-10-12-20(13-11-19)25-14-16-27-17-15-25/h6-13H,5,14-17H2,1-4H3. The van der Waals surface area contributed by atoms with Crippen molar-refractivity contribution in [3.8, 4) is 0 Å². The average Bonchev–Trinajstić information content (AvgIpc) is 2.70. The summed E-state index contributed by atoms with van der Waals surface area (Å²) in [6, 6.07) is 16.3. The molecule has 2 aromatic rings. The van der Waals surface area contributed by atoms with Crippen LogP contribution < -0.4 is 4.90 Å². The molecule has 4 heteroatoms. The van der Waals surface area contributed by atoms with Crippen LogP contribution in [0.1, 0.15) is 34.8 Å². The van der Waals surface area contributed by atoms with Crippen molar-refractivity contribution in [2.75, 3.05) is 45.3 Å². The first kappa shape index (κ1) is 19.6. The first-order valence-electron chi connectivity index (χ1n) is 9.71. The van der Waals surface area contributed by atoms with Crippen molar-refractivity contribution in [1.82, 2.24) is 4.90 Å². The van der Waals surface area contributed by atoms with E-state index in [4.69, 9.17) is 4.74 Å². The van der Waals surface area contributed by atoms with Crippen LogP contribution in [0, 0.1) is 6.92 Å². The number of Topliss-reactive ketones (excluding diaryl/α,β-unsaturated/α-hetero) is 1. The summed E-state index contributed by atoms with van der Waals surface area (Å²) >= 11 is 0. The first-order chi connectivity index (χ1) is 13.0. The van der Waals surface area contributed by atoms with Gasteiger partial charge in [0.15, 0.2) is 5.78 Å². The number of benzene rings is 2. The minimum Gasteiger partial charge on any atom is -0.378 e. The van der Waals surface area contributed by atoms with E-state index >= 15 is 0 Å². The number of anilines is 1. The Morgan fingerprint density at radius 3 is 2.26 bits per heavy atom. The van der Waals surface area contributed by atoms with Gasteiger partial charge in [0.05, 0.1) is 13.2 Å². The van der Waals surface area contributed by atoms with Crippen LogP contribution in [0.3, 0.4) is 0 Å². The van der Waals surface area contributed by atoms with Gasteiger partial charge in [-0.1, -0.05) is 31.2 Å². The molecule has 3 rings (SSSR count). The van der Waals surface area contributed by atoms with Gasteiger partial charge in [-0.05, 0) is 62.8 Å². The van der Waals surface area contributed by atoms with E-state index in [9.17, 15) is 4.79 Å². The van der Waals surface area contributed by atoms with Crippen molar-refractivity contribution in [3.63, 3.8) is 0 Å². The highest BCUT2D eigenvalue weighted by atomic mass is 16.5. The Hall–Kier alpha value is -2.17. The number of ketones is 1. The SMILES string of the molecule is CCC(C(=O)c1ccc(N2CCOCC2)cc1)(c1ccccc1C)N(C)C. The van der Waals surface area contributed by atoms with Crippen LogP contribution in [0.15, 0.2) is 48.5 Å². The molecule has 0 aromatic heterocycles. The number of hydrogen-bond donors (Lipinski definition) is 0. The van der Waals surface area contributed by atoms with Gasteiger partial charge in [0.1, 0.15) is 5.54 Å². The summed E-state index contributed by atoms with van der Waals surface area (Å²) in [6.45, 7) is 7.48. The lowest BCUT2D eigenvalue weighted by Crippen LogP contribution is -2.48. The van der Waals surface area contributed by atoms with Crippen LogP contribution in [-0.4, -0.2) is 51.1 Å². The van der Waals surface area contributed by atoms with Gasteiger partial charge in [-0.15, -0.1) is 0 Å². The Balaban J connectivity index is 1.96. The molecule has 1 saturated heterocycles. The second-order valence-corrected chi connectivity index (χ2v) is 7.40. The molecule has 1 aliphatic heterocycles. The predicted octanol–water partition coefficient (Wildman–Crippen LogP) is 3.88. The molecule has 0 spiro atoms. The van der Waals surface area contributed by atoms with Gasteiger partial charge in [0.25, 0.3) is 0 Å². The van der Waals surface area contributed by atoms with Crippen LogP contribution in [0.25, 0.3) is 0 Å². The molecule has 0 saturated carbocycles. The second kappa shape index (κ2) is 8.24. The third-order valence-corrected chi connectivity index (χ3v) is 5.75. The van der Waals surface area contributed by atoms with E-state index in [-0.39, 0.29) is 5.78 Å². The van der Waals surface area contributed by atoms with Crippen LogP contribution in [0.5, 0.6) is 0 Å². The second-order valence-electron chi connectivity index (χ2n) is 7.40. The Kier molecular flexibility index (Phi) is 5.98. The lowest BCUT2D eigenvalue weighted by Gasteiger charge is -2.39. The van der Waals surface area contributed by atoms with Crippen LogP contribution in [-0.2, 0) is 10.3 Å². The smallest absolute Gasteiger partial charge is 0.187 e. The third kappa shape index (κ3) is 3.64. The molecule has 1 aliphatic rings. The summed E-state index contributed by atoms with van der Waals surface area (Å²) in [4.78, 5) is 18.1. The zero-order valence-electron chi connectivity index (χ0n) is 16.9. The summed E-state index contributed by atoms with van der Waals surface area (Å²) in [5, 5.41) is 0. The molecule has 0 N–H and O–H groups in total. The maximum absolute atomic E-state index is 13.7. The van der Waals surface area contributed by atoms with Gasteiger partial charge in [-0.25, -0.2) is 0 Å². The summed E-state index contributed by atoms with van der Waals surface area (Å²) in [6.07, 6.45) is 0.717. The van der Waals surface area contributed by atoms with Crippen molar-refractivity contribution in [3.05, 3.63) is 65.2 Å². The highest BCUT2D eigenvalue weighted by Gasteiger charge is 2.42. The molecule has 4 nitrogen and oxygen atoms in total. The van der Waals surface area contributed by atoms with Gasteiger partial charge < -0.3 is 9.64 Å². The monoisotopic (exact) mass is 366 g/mol. The quantitative estimate of drug-likeness (QED) is 0.727. The molecule has 1 heterocycles. The Bertz CT molecular complexity index is 779. The number of carbonyl (C=O) groups is 1. The Morgan fingerprint density at radius 1 is 1.07 bits per heavy atom. The minimum atomic E-state index is -0.661. The largest absolute Gasteiger partial charge is 0.378 e. The van der Waals surface area contributed by atoms with Gasteiger partial charge >= 0.3 is 0 Å². The summed E-state index contributed by atoms with van der Waals surface area (Å²) in [5.41, 5.74) is 3.47. The van der Waals surface area contributed by atoms with E-state index in [0.29, 0.717) is 0 Å². The predicted molar refractivity (Wildman–Crippen MR) is 111 cm³/mol. The zero-order valence-corrected chi connectivity index (χ0v) is 16.9. The fourth-order valence-corrected chi connectivity index (χ4v) is 4.15. The molecular weight excluding hydrogens is 336 g/mol. The van der Waals surface area contributed by atoms with Crippen molar-refractivity contribution >= 4 is 11.5 Å². The molecule has 144 valence electrons. The van der Waals surface area contributed by atoms with Crippen molar-refractivity contribution in [2.45, 2.75) is 25.8 Å². The lowest BCUT2D eigenvalue weighted by atomic mass is 9.77.